The minimum atomic E-state index is -3.68. The topological polar surface area (TPSA) is 87.3 Å². The van der Waals surface area contributed by atoms with Crippen LogP contribution in [0.5, 0.6) is 5.75 Å². The number of hydrogen-bond acceptors (Lipinski definition) is 5. The van der Waals surface area contributed by atoms with Gasteiger partial charge in [0.15, 0.2) is 0 Å². The lowest BCUT2D eigenvalue weighted by atomic mass is 10.2. The molecule has 0 saturated carbocycles. The lowest BCUT2D eigenvalue weighted by molar-refractivity contribution is 0.311. The van der Waals surface area contributed by atoms with E-state index in [0.717, 1.165) is 12.2 Å². The molecule has 1 aromatic carbocycles. The van der Waals surface area contributed by atoms with Crippen molar-refractivity contribution in [1.29, 1.82) is 0 Å². The summed E-state index contributed by atoms with van der Waals surface area (Å²) in [7, 11) is -1.71. The van der Waals surface area contributed by atoms with Crippen molar-refractivity contribution in [3.8, 4) is 5.75 Å². The van der Waals surface area contributed by atoms with E-state index in [1.165, 1.54) is 0 Å². The third-order valence-corrected chi connectivity index (χ3v) is 5.28. The number of aromatic amines is 1. The number of nitrogens with one attached hydrogen (secondary N) is 2. The zero-order chi connectivity index (χ0) is 15.9. The zero-order valence-corrected chi connectivity index (χ0v) is 13.5. The highest BCUT2D eigenvalue weighted by atomic mass is 32.2. The average Bonchev–Trinajstić information content (AvgIpc) is 2.78. The number of nitrogens with zero attached hydrogens (tertiary/aromatic N) is 2. The summed E-state index contributed by atoms with van der Waals surface area (Å²) in [6, 6.07) is 5.28. The number of anilines is 2. The van der Waals surface area contributed by atoms with Crippen molar-refractivity contribution in [2.45, 2.75) is 18.7 Å². The van der Waals surface area contributed by atoms with E-state index in [0.29, 0.717) is 29.4 Å². The minimum absolute atomic E-state index is 0.184. The maximum absolute atomic E-state index is 12.5. The first-order valence-electron chi connectivity index (χ1n) is 6.91. The van der Waals surface area contributed by atoms with Crippen molar-refractivity contribution >= 4 is 21.4 Å². The molecule has 0 bridgehead atoms. The van der Waals surface area contributed by atoms with E-state index in [-0.39, 0.29) is 4.90 Å². The molecule has 3 rings (SSSR count). The molecule has 0 spiro atoms. The van der Waals surface area contributed by atoms with Crippen LogP contribution >= 0.6 is 0 Å². The molecular formula is C14H18N4O3S. The van der Waals surface area contributed by atoms with Crippen LogP contribution in [0, 0.1) is 13.8 Å². The van der Waals surface area contributed by atoms with E-state index >= 15 is 0 Å². The summed E-state index contributed by atoms with van der Waals surface area (Å²) in [5.74, 6) is 0.676. The molecule has 1 aliphatic heterocycles. The maximum Gasteiger partial charge on any atom is 0.265 e. The van der Waals surface area contributed by atoms with Gasteiger partial charge in [-0.2, -0.15) is 5.10 Å². The lowest BCUT2D eigenvalue weighted by Crippen LogP contribution is -2.28. The summed E-state index contributed by atoms with van der Waals surface area (Å²) >= 11 is 0. The predicted molar refractivity (Wildman–Crippen MR) is 84.1 cm³/mol. The first-order chi connectivity index (χ1) is 10.4. The highest BCUT2D eigenvalue weighted by molar-refractivity contribution is 7.92. The molecule has 2 aromatic rings. The Morgan fingerprint density at radius 3 is 2.82 bits per heavy atom. The normalized spacial score (nSPS) is 14.4. The van der Waals surface area contributed by atoms with Crippen LogP contribution < -0.4 is 14.4 Å². The molecule has 8 heteroatoms. The zero-order valence-electron chi connectivity index (χ0n) is 12.7. The fourth-order valence-electron chi connectivity index (χ4n) is 2.56. The first-order valence-corrected chi connectivity index (χ1v) is 8.39. The molecule has 0 radical (unpaired) electrons. The standard InChI is InChI=1S/C14H18N4O3S/c1-9-14(10(2)16-15-9)22(19,20)17-11-4-5-12-13(8-11)21-7-6-18(12)3/h4-5,8,17H,6-7H2,1-3H3,(H,15,16). The second-order valence-corrected chi connectivity index (χ2v) is 6.94. The number of aromatic nitrogens is 2. The molecule has 0 amide bonds. The molecule has 0 aliphatic carbocycles. The number of ether oxygens (including phenoxy) is 1. The molecule has 7 nitrogen and oxygen atoms in total. The number of rotatable bonds is 3. The highest BCUT2D eigenvalue weighted by Gasteiger charge is 2.23. The fourth-order valence-corrected chi connectivity index (χ4v) is 3.99. The van der Waals surface area contributed by atoms with Crippen LogP contribution in [0.15, 0.2) is 23.1 Å². The van der Waals surface area contributed by atoms with Gasteiger partial charge in [0.05, 0.1) is 29.3 Å². The summed E-state index contributed by atoms with van der Waals surface area (Å²) in [6.45, 7) is 4.73. The van der Waals surface area contributed by atoms with Crippen LogP contribution in [-0.2, 0) is 10.0 Å². The summed E-state index contributed by atoms with van der Waals surface area (Å²) in [5.41, 5.74) is 2.37. The molecule has 118 valence electrons. The molecule has 2 heterocycles. The SMILES string of the molecule is Cc1n[nH]c(C)c1S(=O)(=O)Nc1ccc2c(c1)OCCN2C. The van der Waals surface area contributed by atoms with Gasteiger partial charge in [-0.15, -0.1) is 0 Å². The Bertz CT molecular complexity index is 794. The van der Waals surface area contributed by atoms with Gasteiger partial charge in [-0.3, -0.25) is 9.82 Å². The molecule has 1 aliphatic rings. The van der Waals surface area contributed by atoms with E-state index in [9.17, 15) is 8.42 Å². The summed E-state index contributed by atoms with van der Waals surface area (Å²) in [5, 5.41) is 6.61. The van der Waals surface area contributed by atoms with E-state index in [2.05, 4.69) is 19.8 Å². The van der Waals surface area contributed by atoms with Gasteiger partial charge in [0.25, 0.3) is 10.0 Å². The smallest absolute Gasteiger partial charge is 0.265 e. The van der Waals surface area contributed by atoms with E-state index in [1.807, 2.05) is 13.1 Å². The van der Waals surface area contributed by atoms with Gasteiger partial charge in [-0.1, -0.05) is 0 Å². The quantitative estimate of drug-likeness (QED) is 0.897. The van der Waals surface area contributed by atoms with Crippen molar-refractivity contribution < 1.29 is 13.2 Å². The second-order valence-electron chi connectivity index (χ2n) is 5.32. The van der Waals surface area contributed by atoms with E-state index < -0.39 is 10.0 Å². The van der Waals surface area contributed by atoms with Gasteiger partial charge in [-0.25, -0.2) is 8.42 Å². The van der Waals surface area contributed by atoms with Gasteiger partial charge >= 0.3 is 0 Å². The maximum atomic E-state index is 12.5. The highest BCUT2D eigenvalue weighted by Crippen LogP contribution is 2.34. The molecule has 2 N–H and O–H groups in total. The van der Waals surface area contributed by atoms with Crippen LogP contribution in [0.1, 0.15) is 11.4 Å². The summed E-state index contributed by atoms with van der Waals surface area (Å²) in [6.07, 6.45) is 0. The molecule has 0 saturated heterocycles. The van der Waals surface area contributed by atoms with Crippen LogP contribution in [-0.4, -0.2) is 38.8 Å². The van der Waals surface area contributed by atoms with Crippen molar-refractivity contribution in [1.82, 2.24) is 10.2 Å². The van der Waals surface area contributed by atoms with Crippen LogP contribution in [0.4, 0.5) is 11.4 Å². The Balaban J connectivity index is 1.93. The molecule has 0 fully saturated rings. The first kappa shape index (κ1) is 14.7. The lowest BCUT2D eigenvalue weighted by Gasteiger charge is -2.28. The number of fused-ring (bicyclic) bond motifs is 1. The van der Waals surface area contributed by atoms with Gasteiger partial charge in [0.1, 0.15) is 17.3 Å². The van der Waals surface area contributed by atoms with Gasteiger partial charge < -0.3 is 9.64 Å². The largest absolute Gasteiger partial charge is 0.489 e. The van der Waals surface area contributed by atoms with Gasteiger partial charge in [0.2, 0.25) is 0 Å². The van der Waals surface area contributed by atoms with Crippen LogP contribution in [0.2, 0.25) is 0 Å². The Morgan fingerprint density at radius 1 is 1.36 bits per heavy atom. The molecule has 1 aromatic heterocycles. The Labute approximate surface area is 129 Å². The van der Waals surface area contributed by atoms with Crippen molar-refractivity contribution in [3.05, 3.63) is 29.6 Å². The Hall–Kier alpha value is -2.22. The Morgan fingerprint density at radius 2 is 2.14 bits per heavy atom. The number of aryl methyl sites for hydroxylation is 2. The van der Waals surface area contributed by atoms with Crippen LogP contribution in [0.3, 0.4) is 0 Å². The fraction of sp³-hybridized carbons (Fsp3) is 0.357. The third-order valence-electron chi connectivity index (χ3n) is 3.64. The van der Waals surface area contributed by atoms with E-state index in [4.69, 9.17) is 4.74 Å². The second kappa shape index (κ2) is 5.20. The van der Waals surface area contributed by atoms with E-state index in [1.54, 1.807) is 26.0 Å². The number of benzene rings is 1. The molecule has 22 heavy (non-hydrogen) atoms. The van der Waals surface area contributed by atoms with Crippen molar-refractivity contribution in [2.75, 3.05) is 29.8 Å². The predicted octanol–water partition coefficient (Wildman–Crippen LogP) is 1.66. The average molecular weight is 322 g/mol. The monoisotopic (exact) mass is 322 g/mol. The number of H-pyrrole nitrogens is 1. The molecular weight excluding hydrogens is 304 g/mol. The number of hydrogen-bond donors (Lipinski definition) is 2. The van der Waals surface area contributed by atoms with Crippen molar-refractivity contribution in [2.24, 2.45) is 0 Å². The summed E-state index contributed by atoms with van der Waals surface area (Å²) < 4.78 is 33.2. The third kappa shape index (κ3) is 2.50. The minimum Gasteiger partial charge on any atom is -0.489 e. The molecule has 0 unspecified atom stereocenters. The van der Waals surface area contributed by atoms with Gasteiger partial charge in [0, 0.05) is 13.1 Å². The van der Waals surface area contributed by atoms with Gasteiger partial charge in [-0.05, 0) is 26.0 Å². The van der Waals surface area contributed by atoms with Crippen LogP contribution in [0.25, 0.3) is 0 Å². The summed E-state index contributed by atoms with van der Waals surface area (Å²) in [4.78, 5) is 2.25. The van der Waals surface area contributed by atoms with Crippen molar-refractivity contribution in [3.63, 3.8) is 0 Å². The molecule has 0 atom stereocenters. The number of sulfonamides is 1. The Kier molecular flexibility index (Phi) is 3.48. The number of likely N-dealkylation sites (N-methyl/N-ethyl adjacent to an activating group) is 1.